The number of piperidine rings is 1. The van der Waals surface area contributed by atoms with Crippen LogP contribution < -0.4 is 0 Å². The molecule has 1 aliphatic heterocycles. The molecule has 0 aliphatic carbocycles. The maximum Gasteiger partial charge on any atom is 0.337 e. The van der Waals surface area contributed by atoms with E-state index < -0.39 is 0 Å². The summed E-state index contributed by atoms with van der Waals surface area (Å²) in [6.45, 7) is 4.80. The van der Waals surface area contributed by atoms with Crippen molar-refractivity contribution in [3.8, 4) is 6.07 Å². The van der Waals surface area contributed by atoms with Gasteiger partial charge in [-0.3, -0.25) is 4.90 Å². The fourth-order valence-electron chi connectivity index (χ4n) is 2.44. The molecule has 1 heterocycles. The zero-order valence-corrected chi connectivity index (χ0v) is 12.1. The first-order chi connectivity index (χ1) is 9.56. The fourth-order valence-corrected chi connectivity index (χ4v) is 2.44. The van der Waals surface area contributed by atoms with Crippen LogP contribution in [-0.2, 0) is 11.3 Å². The van der Waals surface area contributed by atoms with Gasteiger partial charge in [0.1, 0.15) is 0 Å². The predicted octanol–water partition coefficient (Wildman–Crippen LogP) is 2.60. The highest BCUT2D eigenvalue weighted by atomic mass is 16.5. The summed E-state index contributed by atoms with van der Waals surface area (Å²) in [5.41, 5.74) is 1.59. The van der Waals surface area contributed by atoms with Crippen molar-refractivity contribution in [2.75, 3.05) is 20.2 Å². The molecule has 0 radical (unpaired) electrons. The van der Waals surface area contributed by atoms with E-state index in [0.717, 1.165) is 32.5 Å². The smallest absolute Gasteiger partial charge is 0.337 e. The molecule has 20 heavy (non-hydrogen) atoms. The molecule has 2 rings (SSSR count). The zero-order chi connectivity index (χ0) is 14.6. The van der Waals surface area contributed by atoms with Gasteiger partial charge < -0.3 is 4.74 Å². The molecule has 0 aromatic heterocycles. The van der Waals surface area contributed by atoms with E-state index >= 15 is 0 Å². The summed E-state index contributed by atoms with van der Waals surface area (Å²) in [5, 5.41) is 9.12. The third-order valence-electron chi connectivity index (χ3n) is 4.01. The van der Waals surface area contributed by atoms with E-state index in [0.29, 0.717) is 5.56 Å². The van der Waals surface area contributed by atoms with Crippen molar-refractivity contribution < 1.29 is 9.53 Å². The number of ether oxygens (including phenoxy) is 1. The van der Waals surface area contributed by atoms with Crippen LogP contribution >= 0.6 is 0 Å². The predicted molar refractivity (Wildman–Crippen MR) is 76.0 cm³/mol. The molecule has 1 aromatic carbocycles. The number of hydrogen-bond donors (Lipinski definition) is 0. The maximum atomic E-state index is 11.4. The molecule has 1 saturated heterocycles. The monoisotopic (exact) mass is 272 g/mol. The summed E-state index contributed by atoms with van der Waals surface area (Å²) in [6.07, 6.45) is 1.84. The minimum atomic E-state index is -0.306. The Morgan fingerprint density at radius 1 is 1.35 bits per heavy atom. The van der Waals surface area contributed by atoms with E-state index in [2.05, 4.69) is 15.7 Å². The van der Waals surface area contributed by atoms with Gasteiger partial charge in [-0.25, -0.2) is 4.79 Å². The lowest BCUT2D eigenvalue weighted by Crippen LogP contribution is -2.37. The fraction of sp³-hybridized carbons (Fsp3) is 0.500. The Hall–Kier alpha value is -1.86. The molecule has 0 bridgehead atoms. The first-order valence-electron chi connectivity index (χ1n) is 6.87. The molecule has 0 unspecified atom stereocenters. The summed E-state index contributed by atoms with van der Waals surface area (Å²) < 4.78 is 4.68. The van der Waals surface area contributed by atoms with Gasteiger partial charge >= 0.3 is 5.97 Å². The third kappa shape index (κ3) is 3.37. The molecule has 4 heteroatoms. The highest BCUT2D eigenvalue weighted by molar-refractivity contribution is 5.89. The minimum Gasteiger partial charge on any atom is -0.465 e. The Balaban J connectivity index is 1.92. The second kappa shape index (κ2) is 6.06. The van der Waals surface area contributed by atoms with Crippen molar-refractivity contribution in [2.24, 2.45) is 5.41 Å². The summed E-state index contributed by atoms with van der Waals surface area (Å²) in [4.78, 5) is 13.7. The average molecular weight is 272 g/mol. The number of rotatable bonds is 3. The number of methoxy groups -OCH3 is 1. The molecule has 1 aromatic rings. The Morgan fingerprint density at radius 3 is 2.45 bits per heavy atom. The Labute approximate surface area is 120 Å². The topological polar surface area (TPSA) is 53.3 Å². The Kier molecular flexibility index (Phi) is 4.41. The van der Waals surface area contributed by atoms with Crippen molar-refractivity contribution >= 4 is 5.97 Å². The van der Waals surface area contributed by atoms with Crippen LogP contribution in [0.2, 0.25) is 0 Å². The van der Waals surface area contributed by atoms with E-state index in [1.165, 1.54) is 12.7 Å². The van der Waals surface area contributed by atoms with Crippen LogP contribution in [0.25, 0.3) is 0 Å². The number of likely N-dealkylation sites (tertiary alicyclic amines) is 1. The Morgan fingerprint density at radius 2 is 1.95 bits per heavy atom. The van der Waals surface area contributed by atoms with E-state index in [9.17, 15) is 4.79 Å². The standard InChI is InChI=1S/C16H20N2O2/c1-16(12-17)7-9-18(10-8-16)11-13-3-5-14(6-4-13)15(19)20-2/h3-6H,7-11H2,1-2H3. The largest absolute Gasteiger partial charge is 0.465 e. The SMILES string of the molecule is COC(=O)c1ccc(CN2CCC(C)(C#N)CC2)cc1. The van der Waals surface area contributed by atoms with Crippen LogP contribution in [0.15, 0.2) is 24.3 Å². The summed E-state index contributed by atoms with van der Waals surface area (Å²) in [7, 11) is 1.39. The van der Waals surface area contributed by atoms with Crippen LogP contribution in [0.1, 0.15) is 35.7 Å². The van der Waals surface area contributed by atoms with Gasteiger partial charge in [0, 0.05) is 6.54 Å². The molecule has 106 valence electrons. The summed E-state index contributed by atoms with van der Waals surface area (Å²) in [5.74, 6) is -0.306. The average Bonchev–Trinajstić information content (AvgIpc) is 2.50. The lowest BCUT2D eigenvalue weighted by Gasteiger charge is -2.34. The van der Waals surface area contributed by atoms with Gasteiger partial charge in [-0.15, -0.1) is 0 Å². The highest BCUT2D eigenvalue weighted by Gasteiger charge is 2.29. The van der Waals surface area contributed by atoms with Crippen LogP contribution in [0.3, 0.4) is 0 Å². The molecule has 0 saturated carbocycles. The van der Waals surface area contributed by atoms with Gasteiger partial charge in [0.05, 0.1) is 24.2 Å². The number of esters is 1. The van der Waals surface area contributed by atoms with Crippen LogP contribution in [0, 0.1) is 16.7 Å². The Bertz CT molecular complexity index is 508. The number of carbonyl (C=O) groups excluding carboxylic acids is 1. The van der Waals surface area contributed by atoms with Crippen LogP contribution in [0.4, 0.5) is 0 Å². The van der Waals surface area contributed by atoms with Crippen molar-refractivity contribution in [3.05, 3.63) is 35.4 Å². The van der Waals surface area contributed by atoms with E-state index in [1.807, 2.05) is 19.1 Å². The summed E-state index contributed by atoms with van der Waals surface area (Å²) >= 11 is 0. The van der Waals surface area contributed by atoms with E-state index in [4.69, 9.17) is 5.26 Å². The summed E-state index contributed by atoms with van der Waals surface area (Å²) in [6, 6.07) is 9.93. The lowest BCUT2D eigenvalue weighted by atomic mass is 9.82. The van der Waals surface area contributed by atoms with Crippen molar-refractivity contribution in [1.82, 2.24) is 4.90 Å². The van der Waals surface area contributed by atoms with Gasteiger partial charge in [-0.05, 0) is 50.6 Å². The van der Waals surface area contributed by atoms with Crippen molar-refractivity contribution in [3.63, 3.8) is 0 Å². The van der Waals surface area contributed by atoms with Gasteiger partial charge in [0.25, 0.3) is 0 Å². The zero-order valence-electron chi connectivity index (χ0n) is 12.1. The molecule has 0 amide bonds. The molecule has 0 spiro atoms. The van der Waals surface area contributed by atoms with Gasteiger partial charge in [0.2, 0.25) is 0 Å². The third-order valence-corrected chi connectivity index (χ3v) is 4.01. The molecule has 0 atom stereocenters. The number of nitriles is 1. The van der Waals surface area contributed by atoms with E-state index in [-0.39, 0.29) is 11.4 Å². The quantitative estimate of drug-likeness (QED) is 0.794. The first kappa shape index (κ1) is 14.5. The maximum absolute atomic E-state index is 11.4. The molecule has 0 N–H and O–H groups in total. The van der Waals surface area contributed by atoms with Crippen molar-refractivity contribution in [2.45, 2.75) is 26.3 Å². The number of carbonyl (C=O) groups is 1. The molecule has 4 nitrogen and oxygen atoms in total. The first-order valence-corrected chi connectivity index (χ1v) is 6.87. The molecule has 1 fully saturated rings. The number of hydrogen-bond acceptors (Lipinski definition) is 4. The van der Waals surface area contributed by atoms with Crippen LogP contribution in [0.5, 0.6) is 0 Å². The lowest BCUT2D eigenvalue weighted by molar-refractivity contribution is 0.0600. The van der Waals surface area contributed by atoms with Gasteiger partial charge in [0.15, 0.2) is 0 Å². The van der Waals surface area contributed by atoms with E-state index in [1.54, 1.807) is 12.1 Å². The number of benzene rings is 1. The highest BCUT2D eigenvalue weighted by Crippen LogP contribution is 2.30. The van der Waals surface area contributed by atoms with Crippen molar-refractivity contribution in [1.29, 1.82) is 5.26 Å². The molecular formula is C16H20N2O2. The molecule has 1 aliphatic rings. The second-order valence-electron chi connectivity index (χ2n) is 5.64. The van der Waals surface area contributed by atoms with Gasteiger partial charge in [-0.1, -0.05) is 12.1 Å². The number of nitrogens with zero attached hydrogens (tertiary/aromatic N) is 2. The minimum absolute atomic E-state index is 0.161. The van der Waals surface area contributed by atoms with Crippen LogP contribution in [-0.4, -0.2) is 31.1 Å². The van der Waals surface area contributed by atoms with Gasteiger partial charge in [-0.2, -0.15) is 5.26 Å². The normalized spacial score (nSPS) is 18.2. The second-order valence-corrected chi connectivity index (χ2v) is 5.64. The molecular weight excluding hydrogens is 252 g/mol.